The minimum atomic E-state index is -1.52. The number of carbonyl (C=O) groups is 1. The SMILES string of the molecule is O=Cc1c(F)cc(C(O)C(O)CCO)cc1F. The number of aliphatic hydroxyl groups is 3. The maximum absolute atomic E-state index is 13.2. The van der Waals surface area contributed by atoms with Crippen LogP contribution in [0.2, 0.25) is 0 Å². The van der Waals surface area contributed by atoms with Crippen molar-refractivity contribution in [3.8, 4) is 0 Å². The van der Waals surface area contributed by atoms with Crippen molar-refractivity contribution in [1.29, 1.82) is 0 Å². The van der Waals surface area contributed by atoms with Crippen LogP contribution < -0.4 is 0 Å². The molecule has 4 nitrogen and oxygen atoms in total. The van der Waals surface area contributed by atoms with Crippen LogP contribution in [0.15, 0.2) is 12.1 Å². The number of rotatable bonds is 5. The van der Waals surface area contributed by atoms with Gasteiger partial charge in [-0.25, -0.2) is 8.78 Å². The van der Waals surface area contributed by atoms with Crippen LogP contribution in [0.1, 0.15) is 28.4 Å². The fourth-order valence-electron chi connectivity index (χ4n) is 1.40. The number of benzene rings is 1. The molecule has 0 amide bonds. The molecule has 0 saturated heterocycles. The Bertz CT molecular complexity index is 385. The first kappa shape index (κ1) is 13.7. The molecular weight excluding hydrogens is 234 g/mol. The van der Waals surface area contributed by atoms with Gasteiger partial charge in [-0.1, -0.05) is 0 Å². The van der Waals surface area contributed by atoms with Crippen molar-refractivity contribution in [3.05, 3.63) is 34.9 Å². The van der Waals surface area contributed by atoms with E-state index in [-0.39, 0.29) is 24.9 Å². The monoisotopic (exact) mass is 246 g/mol. The Morgan fingerprint density at radius 2 is 1.76 bits per heavy atom. The summed E-state index contributed by atoms with van der Waals surface area (Å²) < 4.78 is 26.4. The van der Waals surface area contributed by atoms with Crippen molar-refractivity contribution in [3.63, 3.8) is 0 Å². The molecule has 6 heteroatoms. The standard InChI is InChI=1S/C11H12F2O4/c12-8-3-6(4-9(13)7(8)5-15)11(17)10(16)1-2-14/h3-5,10-11,14,16-17H,1-2H2. The summed E-state index contributed by atoms with van der Waals surface area (Å²) >= 11 is 0. The average molecular weight is 246 g/mol. The first-order valence-electron chi connectivity index (χ1n) is 4.92. The van der Waals surface area contributed by atoms with Crippen LogP contribution in [0.25, 0.3) is 0 Å². The maximum Gasteiger partial charge on any atom is 0.155 e. The lowest BCUT2D eigenvalue weighted by molar-refractivity contribution is 0.00392. The van der Waals surface area contributed by atoms with Gasteiger partial charge in [-0.05, 0) is 24.1 Å². The Kier molecular flexibility index (Phi) is 4.68. The number of aldehydes is 1. The zero-order valence-corrected chi connectivity index (χ0v) is 8.81. The van der Waals surface area contributed by atoms with E-state index in [1.54, 1.807) is 0 Å². The van der Waals surface area contributed by atoms with Gasteiger partial charge in [0, 0.05) is 6.61 Å². The van der Waals surface area contributed by atoms with Crippen molar-refractivity contribution in [1.82, 2.24) is 0 Å². The van der Waals surface area contributed by atoms with Crippen LogP contribution in [0.4, 0.5) is 8.78 Å². The van der Waals surface area contributed by atoms with Crippen molar-refractivity contribution in [2.45, 2.75) is 18.6 Å². The molecule has 0 aliphatic heterocycles. The maximum atomic E-state index is 13.2. The Balaban J connectivity index is 3.03. The van der Waals surface area contributed by atoms with E-state index in [2.05, 4.69) is 0 Å². The molecule has 0 saturated carbocycles. The van der Waals surface area contributed by atoms with Crippen LogP contribution in [0.5, 0.6) is 0 Å². The normalized spacial score (nSPS) is 14.4. The fourth-order valence-corrected chi connectivity index (χ4v) is 1.40. The molecule has 1 rings (SSSR count). The van der Waals surface area contributed by atoms with Gasteiger partial charge < -0.3 is 15.3 Å². The van der Waals surface area contributed by atoms with Crippen molar-refractivity contribution >= 4 is 6.29 Å². The van der Waals surface area contributed by atoms with Gasteiger partial charge in [-0.15, -0.1) is 0 Å². The zero-order chi connectivity index (χ0) is 13.0. The summed E-state index contributed by atoms with van der Waals surface area (Å²) in [5, 5.41) is 27.5. The highest BCUT2D eigenvalue weighted by Gasteiger charge is 2.21. The number of hydrogen-bond acceptors (Lipinski definition) is 4. The number of aliphatic hydroxyl groups excluding tert-OH is 3. The van der Waals surface area contributed by atoms with Gasteiger partial charge in [0.15, 0.2) is 6.29 Å². The highest BCUT2D eigenvalue weighted by molar-refractivity contribution is 5.75. The number of hydrogen-bond donors (Lipinski definition) is 3. The summed E-state index contributed by atoms with van der Waals surface area (Å²) in [6.07, 6.45) is -2.95. The minimum Gasteiger partial charge on any atom is -0.396 e. The van der Waals surface area contributed by atoms with E-state index in [0.717, 1.165) is 12.1 Å². The Hall–Kier alpha value is -1.37. The quantitative estimate of drug-likeness (QED) is 0.663. The van der Waals surface area contributed by atoms with Crippen LogP contribution >= 0.6 is 0 Å². The third-order valence-corrected chi connectivity index (χ3v) is 2.35. The van der Waals surface area contributed by atoms with E-state index in [1.165, 1.54) is 0 Å². The molecule has 0 fully saturated rings. The molecule has 0 aromatic heterocycles. The second-order valence-electron chi connectivity index (χ2n) is 3.54. The predicted octanol–water partition coefficient (Wildman–Crippen LogP) is 0.554. The molecular formula is C11H12F2O4. The third-order valence-electron chi connectivity index (χ3n) is 2.35. The molecule has 0 aliphatic carbocycles. The van der Waals surface area contributed by atoms with Crippen LogP contribution in [0.3, 0.4) is 0 Å². The molecule has 0 bridgehead atoms. The Labute approximate surface area is 96.1 Å². The minimum absolute atomic E-state index is 0.0327. The average Bonchev–Trinajstić information content (AvgIpc) is 2.27. The molecule has 2 atom stereocenters. The van der Waals surface area contributed by atoms with E-state index in [0.29, 0.717) is 0 Å². The van der Waals surface area contributed by atoms with Gasteiger partial charge in [0.05, 0.1) is 11.7 Å². The van der Waals surface area contributed by atoms with Crippen LogP contribution in [-0.4, -0.2) is 34.3 Å². The van der Waals surface area contributed by atoms with Gasteiger partial charge in [-0.3, -0.25) is 4.79 Å². The molecule has 0 spiro atoms. The zero-order valence-electron chi connectivity index (χ0n) is 8.81. The predicted molar refractivity (Wildman–Crippen MR) is 54.4 cm³/mol. The van der Waals surface area contributed by atoms with E-state index in [4.69, 9.17) is 5.11 Å². The highest BCUT2D eigenvalue weighted by atomic mass is 19.1. The van der Waals surface area contributed by atoms with Crippen LogP contribution in [0, 0.1) is 11.6 Å². The smallest absolute Gasteiger partial charge is 0.155 e. The number of carbonyl (C=O) groups excluding carboxylic acids is 1. The lowest BCUT2D eigenvalue weighted by Gasteiger charge is -2.17. The Morgan fingerprint density at radius 3 is 2.18 bits per heavy atom. The van der Waals surface area contributed by atoms with Gasteiger partial charge in [0.2, 0.25) is 0 Å². The summed E-state index contributed by atoms with van der Waals surface area (Å²) in [5.41, 5.74) is -0.913. The summed E-state index contributed by atoms with van der Waals surface area (Å²) in [6, 6.07) is 1.55. The highest BCUT2D eigenvalue weighted by Crippen LogP contribution is 2.22. The van der Waals surface area contributed by atoms with Gasteiger partial charge in [0.1, 0.15) is 17.7 Å². The second-order valence-corrected chi connectivity index (χ2v) is 3.54. The summed E-state index contributed by atoms with van der Waals surface area (Å²) in [5.74, 6) is -2.21. The van der Waals surface area contributed by atoms with Crippen molar-refractivity contribution in [2.24, 2.45) is 0 Å². The van der Waals surface area contributed by atoms with Crippen LogP contribution in [-0.2, 0) is 0 Å². The lowest BCUT2D eigenvalue weighted by Crippen LogP contribution is -2.20. The molecule has 0 aliphatic rings. The summed E-state index contributed by atoms with van der Waals surface area (Å²) in [4.78, 5) is 10.3. The number of halogens is 2. The fraction of sp³-hybridized carbons (Fsp3) is 0.364. The first-order valence-corrected chi connectivity index (χ1v) is 4.92. The van der Waals surface area contributed by atoms with E-state index >= 15 is 0 Å². The summed E-state index contributed by atoms with van der Waals surface area (Å²) in [7, 11) is 0. The van der Waals surface area contributed by atoms with E-state index in [1.807, 2.05) is 0 Å². The summed E-state index contributed by atoms with van der Waals surface area (Å²) in [6.45, 7) is -0.365. The molecule has 17 heavy (non-hydrogen) atoms. The molecule has 0 radical (unpaired) electrons. The van der Waals surface area contributed by atoms with Gasteiger partial charge in [-0.2, -0.15) is 0 Å². The third kappa shape index (κ3) is 3.06. The second kappa shape index (κ2) is 5.81. The van der Waals surface area contributed by atoms with Gasteiger partial charge in [0.25, 0.3) is 0 Å². The molecule has 1 aromatic carbocycles. The van der Waals surface area contributed by atoms with Gasteiger partial charge >= 0.3 is 0 Å². The lowest BCUT2D eigenvalue weighted by atomic mass is 10.0. The molecule has 1 aromatic rings. The first-order chi connectivity index (χ1) is 8.01. The van der Waals surface area contributed by atoms with E-state index < -0.39 is 29.4 Å². The van der Waals surface area contributed by atoms with Crippen molar-refractivity contribution < 1.29 is 28.9 Å². The molecule has 94 valence electrons. The Morgan fingerprint density at radius 1 is 1.24 bits per heavy atom. The van der Waals surface area contributed by atoms with Crippen molar-refractivity contribution in [2.75, 3.05) is 6.61 Å². The van der Waals surface area contributed by atoms with E-state index in [9.17, 15) is 23.8 Å². The molecule has 2 unspecified atom stereocenters. The largest absolute Gasteiger partial charge is 0.396 e. The molecule has 0 heterocycles. The molecule has 3 N–H and O–H groups in total. The topological polar surface area (TPSA) is 77.8 Å².